The molecule has 2 saturated heterocycles. The predicted molar refractivity (Wildman–Crippen MR) is 84.0 cm³/mol. The van der Waals surface area contributed by atoms with Gasteiger partial charge < -0.3 is 20.0 Å². The first-order chi connectivity index (χ1) is 10.2. The third kappa shape index (κ3) is 4.01. The minimum Gasteiger partial charge on any atom is -0.459 e. The smallest absolute Gasteiger partial charge is 0.286 e. The van der Waals surface area contributed by atoms with Gasteiger partial charge in [0.1, 0.15) is 0 Å². The van der Waals surface area contributed by atoms with E-state index >= 15 is 0 Å². The number of carbonyl (C=O) groups is 2. The molecule has 2 aliphatic rings. The fourth-order valence-electron chi connectivity index (χ4n) is 3.11. The molecular formula is C15H22ClN3O3. The molecule has 122 valence electrons. The lowest BCUT2D eigenvalue weighted by Gasteiger charge is -2.24. The van der Waals surface area contributed by atoms with Crippen molar-refractivity contribution in [2.75, 3.05) is 19.6 Å². The van der Waals surface area contributed by atoms with E-state index in [2.05, 4.69) is 10.6 Å². The Hall–Kier alpha value is -1.53. The van der Waals surface area contributed by atoms with E-state index in [1.807, 2.05) is 4.90 Å². The fourth-order valence-corrected chi connectivity index (χ4v) is 3.11. The van der Waals surface area contributed by atoms with Crippen LogP contribution in [0.1, 0.15) is 36.2 Å². The Morgan fingerprint density at radius 1 is 1.32 bits per heavy atom. The number of halogens is 1. The highest BCUT2D eigenvalue weighted by atomic mass is 35.5. The summed E-state index contributed by atoms with van der Waals surface area (Å²) in [6.07, 6.45) is 5.21. The van der Waals surface area contributed by atoms with Crippen LogP contribution in [0.3, 0.4) is 0 Å². The van der Waals surface area contributed by atoms with Crippen molar-refractivity contribution < 1.29 is 14.0 Å². The second kappa shape index (κ2) is 7.65. The van der Waals surface area contributed by atoms with Crippen LogP contribution >= 0.6 is 12.4 Å². The molecule has 0 aliphatic carbocycles. The van der Waals surface area contributed by atoms with Crippen LogP contribution in [0.2, 0.25) is 0 Å². The maximum atomic E-state index is 12.2. The molecule has 3 rings (SSSR count). The van der Waals surface area contributed by atoms with E-state index in [-0.39, 0.29) is 30.0 Å². The van der Waals surface area contributed by atoms with Crippen molar-refractivity contribution in [2.45, 2.75) is 37.8 Å². The second-order valence-electron chi connectivity index (χ2n) is 5.75. The summed E-state index contributed by atoms with van der Waals surface area (Å²) in [5.41, 5.74) is 0. The molecule has 22 heavy (non-hydrogen) atoms. The molecular weight excluding hydrogens is 306 g/mol. The van der Waals surface area contributed by atoms with Gasteiger partial charge in [-0.1, -0.05) is 0 Å². The molecule has 2 bridgehead atoms. The van der Waals surface area contributed by atoms with Crippen LogP contribution in [0, 0.1) is 0 Å². The van der Waals surface area contributed by atoms with E-state index in [1.165, 1.54) is 12.7 Å². The topological polar surface area (TPSA) is 74.6 Å². The molecule has 0 radical (unpaired) electrons. The monoisotopic (exact) mass is 327 g/mol. The van der Waals surface area contributed by atoms with Crippen molar-refractivity contribution in [3.8, 4) is 0 Å². The number of carbonyl (C=O) groups excluding carboxylic acids is 2. The molecule has 2 fully saturated rings. The van der Waals surface area contributed by atoms with Crippen LogP contribution in [-0.4, -0.2) is 48.4 Å². The molecule has 2 atom stereocenters. The number of fused-ring (bicyclic) bond motifs is 2. The largest absolute Gasteiger partial charge is 0.459 e. The zero-order valence-corrected chi connectivity index (χ0v) is 13.2. The van der Waals surface area contributed by atoms with Crippen LogP contribution in [-0.2, 0) is 4.79 Å². The van der Waals surface area contributed by atoms with Gasteiger partial charge >= 0.3 is 0 Å². The van der Waals surface area contributed by atoms with Crippen LogP contribution < -0.4 is 10.6 Å². The van der Waals surface area contributed by atoms with Gasteiger partial charge in [0.05, 0.1) is 6.26 Å². The average Bonchev–Trinajstić information content (AvgIpc) is 3.08. The van der Waals surface area contributed by atoms with Gasteiger partial charge in [0.25, 0.3) is 5.91 Å². The van der Waals surface area contributed by atoms with Gasteiger partial charge in [0.2, 0.25) is 5.91 Å². The number of hydrogen-bond acceptors (Lipinski definition) is 4. The molecule has 6 nitrogen and oxygen atoms in total. The van der Waals surface area contributed by atoms with E-state index in [0.717, 1.165) is 25.9 Å². The number of amides is 2. The number of furan rings is 1. The molecule has 3 heterocycles. The molecule has 2 aliphatic heterocycles. The van der Waals surface area contributed by atoms with Crippen LogP contribution in [0.5, 0.6) is 0 Å². The highest BCUT2D eigenvalue weighted by Gasteiger charge is 2.30. The van der Waals surface area contributed by atoms with E-state index in [9.17, 15) is 9.59 Å². The van der Waals surface area contributed by atoms with Crippen molar-refractivity contribution in [3.05, 3.63) is 24.2 Å². The number of nitrogens with zero attached hydrogens (tertiary/aromatic N) is 1. The molecule has 2 unspecified atom stereocenters. The normalized spacial score (nSPS) is 23.5. The summed E-state index contributed by atoms with van der Waals surface area (Å²) < 4.78 is 5.00. The minimum atomic E-state index is -0.274. The Morgan fingerprint density at radius 2 is 2.14 bits per heavy atom. The van der Waals surface area contributed by atoms with E-state index < -0.39 is 0 Å². The Labute approximate surface area is 136 Å². The van der Waals surface area contributed by atoms with Gasteiger partial charge in [-0.2, -0.15) is 0 Å². The first-order valence-corrected chi connectivity index (χ1v) is 7.58. The lowest BCUT2D eigenvalue weighted by molar-refractivity contribution is -0.131. The third-order valence-electron chi connectivity index (χ3n) is 4.25. The summed E-state index contributed by atoms with van der Waals surface area (Å²) in [6, 6.07) is 4.29. The second-order valence-corrected chi connectivity index (χ2v) is 5.75. The average molecular weight is 328 g/mol. The molecule has 0 saturated carbocycles. The molecule has 1 aromatic rings. The maximum Gasteiger partial charge on any atom is 0.286 e. The summed E-state index contributed by atoms with van der Waals surface area (Å²) in [7, 11) is 0. The first-order valence-electron chi connectivity index (χ1n) is 7.58. The van der Waals surface area contributed by atoms with Gasteiger partial charge in [-0.3, -0.25) is 9.59 Å². The molecule has 0 spiro atoms. The highest BCUT2D eigenvalue weighted by Crippen LogP contribution is 2.20. The quantitative estimate of drug-likeness (QED) is 0.870. The summed E-state index contributed by atoms with van der Waals surface area (Å²) >= 11 is 0. The van der Waals surface area contributed by atoms with Crippen molar-refractivity contribution in [3.63, 3.8) is 0 Å². The Morgan fingerprint density at radius 3 is 2.91 bits per heavy atom. The number of likely N-dealkylation sites (tertiary alicyclic amines) is 1. The van der Waals surface area contributed by atoms with E-state index in [0.29, 0.717) is 25.0 Å². The SMILES string of the molecule is Cl.O=C(NCCC(=O)N1CCC2CCC(C1)N2)c1ccco1. The Kier molecular flexibility index (Phi) is 5.85. The highest BCUT2D eigenvalue weighted by molar-refractivity contribution is 5.91. The number of hydrogen-bond donors (Lipinski definition) is 2. The fraction of sp³-hybridized carbons (Fsp3) is 0.600. The van der Waals surface area contributed by atoms with Crippen molar-refractivity contribution in [1.29, 1.82) is 0 Å². The zero-order chi connectivity index (χ0) is 14.7. The van der Waals surface area contributed by atoms with E-state index in [4.69, 9.17) is 4.42 Å². The van der Waals surface area contributed by atoms with Gasteiger partial charge in [-0.15, -0.1) is 12.4 Å². The maximum absolute atomic E-state index is 12.2. The predicted octanol–water partition coefficient (Wildman–Crippen LogP) is 1.17. The summed E-state index contributed by atoms with van der Waals surface area (Å²) in [5.74, 6) is 0.118. The van der Waals surface area contributed by atoms with Crippen LogP contribution in [0.15, 0.2) is 22.8 Å². The molecule has 2 N–H and O–H groups in total. The van der Waals surface area contributed by atoms with Gasteiger partial charge in [0, 0.05) is 38.1 Å². The van der Waals surface area contributed by atoms with Crippen LogP contribution in [0.4, 0.5) is 0 Å². The van der Waals surface area contributed by atoms with Gasteiger partial charge in [-0.05, 0) is 31.4 Å². The molecule has 2 amide bonds. The summed E-state index contributed by atoms with van der Waals surface area (Å²) in [6.45, 7) is 1.96. The molecule has 7 heteroatoms. The Bertz CT molecular complexity index is 506. The molecule has 0 aromatic carbocycles. The lowest BCUT2D eigenvalue weighted by Crippen LogP contribution is -2.40. The van der Waals surface area contributed by atoms with Gasteiger partial charge in [-0.25, -0.2) is 0 Å². The minimum absolute atomic E-state index is 0. The standard InChI is InChI=1S/C15H21N3O3.ClH/c19-14(5-7-16-15(20)13-2-1-9-21-13)18-8-6-11-3-4-12(10-18)17-11;/h1-2,9,11-12,17H,3-8,10H2,(H,16,20);1H. The van der Waals surface area contributed by atoms with Crippen molar-refractivity contribution in [1.82, 2.24) is 15.5 Å². The number of rotatable bonds is 4. The third-order valence-corrected chi connectivity index (χ3v) is 4.25. The van der Waals surface area contributed by atoms with Crippen molar-refractivity contribution >= 4 is 24.2 Å². The zero-order valence-electron chi connectivity index (χ0n) is 12.4. The summed E-state index contributed by atoms with van der Waals surface area (Å²) in [5, 5.41) is 6.26. The van der Waals surface area contributed by atoms with Crippen molar-refractivity contribution in [2.24, 2.45) is 0 Å². The van der Waals surface area contributed by atoms with E-state index in [1.54, 1.807) is 12.1 Å². The van der Waals surface area contributed by atoms with Crippen LogP contribution in [0.25, 0.3) is 0 Å². The Balaban J connectivity index is 0.00000176. The molecule has 1 aromatic heterocycles. The lowest BCUT2D eigenvalue weighted by atomic mass is 10.1. The summed E-state index contributed by atoms with van der Waals surface area (Å²) in [4.78, 5) is 25.8. The number of nitrogens with one attached hydrogen (secondary N) is 2. The van der Waals surface area contributed by atoms with Gasteiger partial charge in [0.15, 0.2) is 5.76 Å². The first kappa shape index (κ1) is 16.8.